The summed E-state index contributed by atoms with van der Waals surface area (Å²) in [5, 5.41) is 12.0. The number of carbonyl (C=O) groups excluding carboxylic acids is 1. The second-order valence-corrected chi connectivity index (χ2v) is 14.0. The van der Waals surface area contributed by atoms with Crippen LogP contribution in [0.1, 0.15) is 79.1 Å². The predicted octanol–water partition coefficient (Wildman–Crippen LogP) is 9.25. The minimum absolute atomic E-state index is 0. The van der Waals surface area contributed by atoms with Crippen molar-refractivity contribution in [2.75, 3.05) is 0 Å². The van der Waals surface area contributed by atoms with Crippen molar-refractivity contribution in [2.45, 2.75) is 80.6 Å². The van der Waals surface area contributed by atoms with Crippen molar-refractivity contribution in [2.24, 2.45) is 10.8 Å². The number of fused-ring (bicyclic) bond motifs is 4. The Bertz CT molecular complexity index is 1620. The summed E-state index contributed by atoms with van der Waals surface area (Å²) in [7, 11) is 0. The summed E-state index contributed by atoms with van der Waals surface area (Å²) < 4.78 is 0. The molecular weight excluding hydrogens is 697 g/mol. The van der Waals surface area contributed by atoms with Gasteiger partial charge in [0.25, 0.3) is 0 Å². The molecule has 223 valence electrons. The van der Waals surface area contributed by atoms with E-state index in [1.807, 2.05) is 60.0 Å². The van der Waals surface area contributed by atoms with E-state index in [0.29, 0.717) is 0 Å². The number of aliphatic hydroxyl groups excluding tert-OH is 1. The number of aryl methyl sites for hydroxylation is 2. The third kappa shape index (κ3) is 7.62. The summed E-state index contributed by atoms with van der Waals surface area (Å²) in [5.74, 6) is 0.104. The molecular formula is C37H43IrN2O2-. The molecule has 1 aliphatic rings. The maximum atomic E-state index is 11.5. The first-order valence-electron chi connectivity index (χ1n) is 14.4. The monoisotopic (exact) mass is 740 g/mol. The van der Waals surface area contributed by atoms with E-state index >= 15 is 0 Å². The molecule has 1 aliphatic carbocycles. The van der Waals surface area contributed by atoms with Crippen molar-refractivity contribution in [3.05, 3.63) is 95.6 Å². The summed E-state index contributed by atoms with van der Waals surface area (Å²) in [6.45, 7) is 17.9. The molecule has 4 nitrogen and oxygen atoms in total. The van der Waals surface area contributed by atoms with Crippen LogP contribution in [0.2, 0.25) is 0 Å². The Morgan fingerprint density at radius 3 is 2.19 bits per heavy atom. The van der Waals surface area contributed by atoms with Gasteiger partial charge in [-0.3, -0.25) is 14.8 Å². The predicted molar refractivity (Wildman–Crippen MR) is 170 cm³/mol. The van der Waals surface area contributed by atoms with Gasteiger partial charge in [-0.2, -0.15) is 0 Å². The van der Waals surface area contributed by atoms with Gasteiger partial charge in [-0.05, 0) is 35.4 Å². The van der Waals surface area contributed by atoms with Crippen molar-refractivity contribution in [1.82, 2.24) is 9.97 Å². The van der Waals surface area contributed by atoms with E-state index in [1.54, 1.807) is 0 Å². The van der Waals surface area contributed by atoms with Gasteiger partial charge in [0.05, 0.1) is 0 Å². The summed E-state index contributed by atoms with van der Waals surface area (Å²) >= 11 is 0. The molecule has 0 bridgehead atoms. The van der Waals surface area contributed by atoms with Crippen LogP contribution in [-0.2, 0) is 43.2 Å². The molecule has 0 unspecified atom stereocenters. The number of pyridine rings is 2. The fraction of sp³-hybridized carbons (Fsp3) is 0.378. The van der Waals surface area contributed by atoms with Gasteiger partial charge in [-0.25, -0.2) is 0 Å². The smallest absolute Gasteiger partial charge is 0.164 e. The number of aromatic nitrogens is 2. The Morgan fingerprint density at radius 2 is 1.55 bits per heavy atom. The van der Waals surface area contributed by atoms with Crippen LogP contribution in [0.15, 0.2) is 72.8 Å². The first-order valence-corrected chi connectivity index (χ1v) is 14.4. The molecule has 42 heavy (non-hydrogen) atoms. The molecule has 4 aromatic rings. The van der Waals surface area contributed by atoms with Crippen LogP contribution >= 0.6 is 0 Å². The van der Waals surface area contributed by atoms with Crippen molar-refractivity contribution in [3.63, 3.8) is 0 Å². The van der Waals surface area contributed by atoms with Crippen LogP contribution in [0.3, 0.4) is 0 Å². The molecule has 2 heterocycles. The average Bonchev–Trinajstić information content (AvgIpc) is 2.90. The van der Waals surface area contributed by atoms with Gasteiger partial charge in [0.1, 0.15) is 5.76 Å². The number of hydrogen-bond donors (Lipinski definition) is 1. The van der Waals surface area contributed by atoms with Crippen molar-refractivity contribution >= 4 is 16.6 Å². The molecule has 2 aromatic heterocycles. The number of benzene rings is 2. The van der Waals surface area contributed by atoms with Gasteiger partial charge in [0, 0.05) is 66.4 Å². The molecule has 2 aromatic carbocycles. The largest absolute Gasteiger partial charge is 0.512 e. The quantitative estimate of drug-likeness (QED) is 0.127. The van der Waals surface area contributed by atoms with E-state index in [0.717, 1.165) is 29.5 Å². The molecule has 0 spiro atoms. The molecule has 0 fully saturated rings. The third-order valence-corrected chi connectivity index (χ3v) is 7.43. The van der Waals surface area contributed by atoms with Crippen LogP contribution in [0.25, 0.3) is 33.2 Å². The van der Waals surface area contributed by atoms with Gasteiger partial charge in [0.2, 0.25) is 0 Å². The van der Waals surface area contributed by atoms with E-state index in [9.17, 15) is 9.90 Å². The maximum absolute atomic E-state index is 11.5. The summed E-state index contributed by atoms with van der Waals surface area (Å²) in [6.07, 6.45) is 7.25. The zero-order chi connectivity index (χ0) is 30.2. The minimum Gasteiger partial charge on any atom is -0.512 e. The third-order valence-electron chi connectivity index (χ3n) is 7.43. The Balaban J connectivity index is 0.000000297. The topological polar surface area (TPSA) is 63.1 Å². The molecule has 1 N–H and O–H groups in total. The Hall–Kier alpha value is -3.14. The summed E-state index contributed by atoms with van der Waals surface area (Å²) in [5.41, 5.74) is 7.65. The van der Waals surface area contributed by atoms with E-state index in [4.69, 9.17) is 4.98 Å². The molecule has 0 atom stereocenters. The number of carbonyl (C=O) groups is 1. The minimum atomic E-state index is -0.417. The molecule has 0 amide bonds. The number of nitrogens with zero attached hydrogens (tertiary/aromatic N) is 2. The molecule has 0 aliphatic heterocycles. The number of ketones is 1. The zero-order valence-electron chi connectivity index (χ0n) is 26.3. The van der Waals surface area contributed by atoms with Crippen molar-refractivity contribution in [3.8, 4) is 22.4 Å². The second-order valence-electron chi connectivity index (χ2n) is 14.0. The number of rotatable bonds is 2. The van der Waals surface area contributed by atoms with E-state index in [-0.39, 0.29) is 42.5 Å². The number of allylic oxidation sites excluding steroid dienone is 2. The average molecular weight is 740 g/mol. The van der Waals surface area contributed by atoms with Gasteiger partial charge in [0.15, 0.2) is 5.78 Å². The van der Waals surface area contributed by atoms with Crippen LogP contribution in [0.4, 0.5) is 0 Å². The van der Waals surface area contributed by atoms with E-state index in [1.165, 1.54) is 39.4 Å². The second kappa shape index (κ2) is 12.6. The molecule has 0 saturated carbocycles. The van der Waals surface area contributed by atoms with Crippen molar-refractivity contribution in [1.29, 1.82) is 0 Å². The van der Waals surface area contributed by atoms with Gasteiger partial charge in [-0.15, -0.1) is 29.1 Å². The fourth-order valence-corrected chi connectivity index (χ4v) is 4.76. The van der Waals surface area contributed by atoms with Crippen LogP contribution in [0.5, 0.6) is 0 Å². The fourth-order valence-electron chi connectivity index (χ4n) is 4.76. The first-order chi connectivity index (χ1) is 19.1. The van der Waals surface area contributed by atoms with Gasteiger partial charge in [-0.1, -0.05) is 104 Å². The van der Waals surface area contributed by atoms with Gasteiger partial charge < -0.3 is 5.11 Å². The molecule has 5 heteroatoms. The Morgan fingerprint density at radius 1 is 0.857 bits per heavy atom. The first kappa shape index (κ1) is 33.4. The summed E-state index contributed by atoms with van der Waals surface area (Å²) in [6, 6.07) is 20.8. The van der Waals surface area contributed by atoms with Crippen LogP contribution < -0.4 is 0 Å². The maximum Gasteiger partial charge on any atom is 0.164 e. The number of aliphatic hydroxyl groups is 1. The SMILES string of the molecule is CC(C)(C)C(=O)/C=C(\O)C(C)(C)C.CC(C)(C)c1cc(-c2cc3c(cn2)CCc2ncccc2-3)[c-]c2ccccc12.[Ir]. The van der Waals surface area contributed by atoms with Gasteiger partial charge >= 0.3 is 0 Å². The Kier molecular flexibility index (Phi) is 10.0. The molecule has 5 rings (SSSR count). The van der Waals surface area contributed by atoms with E-state index < -0.39 is 5.41 Å². The van der Waals surface area contributed by atoms with Crippen LogP contribution in [-0.4, -0.2) is 20.9 Å². The Labute approximate surface area is 265 Å². The van der Waals surface area contributed by atoms with Crippen molar-refractivity contribution < 1.29 is 30.0 Å². The zero-order valence-corrected chi connectivity index (χ0v) is 28.7. The molecule has 0 saturated heterocycles. The molecule has 1 radical (unpaired) electrons. The van der Waals surface area contributed by atoms with E-state index in [2.05, 4.69) is 74.3 Å². The summed E-state index contributed by atoms with van der Waals surface area (Å²) in [4.78, 5) is 20.9. The standard InChI is InChI=1S/C26H23N2.C11H20O2.Ir/c1-26(2,3)23-14-19(13-17-7-4-5-8-20(17)23)25-15-22-18(16-28-25)10-11-24-21(22)9-6-12-27-24;1-10(2,3)8(12)7-9(13)11(4,5)6;/h4-9,12,14-16H,10-11H2,1-3H3;7,12H,1-6H3;/q-1;;/b;8-7-;. The van der Waals surface area contributed by atoms with Crippen LogP contribution in [0, 0.1) is 16.9 Å². The number of hydrogen-bond acceptors (Lipinski definition) is 4. The normalized spacial score (nSPS) is 13.3.